The second kappa shape index (κ2) is 5.30. The highest BCUT2D eigenvalue weighted by molar-refractivity contribution is 7.13. The van der Waals surface area contributed by atoms with Gasteiger partial charge >= 0.3 is 0 Å². The third-order valence-electron chi connectivity index (χ3n) is 3.16. The minimum atomic E-state index is -0.193. The van der Waals surface area contributed by atoms with Crippen molar-refractivity contribution in [3.8, 4) is 5.95 Å². The first-order valence-electron chi connectivity index (χ1n) is 6.52. The van der Waals surface area contributed by atoms with E-state index in [0.29, 0.717) is 22.2 Å². The molecule has 0 saturated heterocycles. The number of hydrogen-bond acceptors (Lipinski definition) is 7. The third-order valence-corrected chi connectivity index (χ3v) is 4.23. The number of thiazole rings is 1. The fraction of sp³-hybridized carbons (Fsp3) is 0.333. The van der Waals surface area contributed by atoms with E-state index in [2.05, 4.69) is 36.0 Å². The molecule has 9 nitrogen and oxygen atoms in total. The van der Waals surface area contributed by atoms with Crippen LogP contribution in [0.5, 0.6) is 0 Å². The zero-order chi connectivity index (χ0) is 15.9. The van der Waals surface area contributed by atoms with Crippen LogP contribution >= 0.6 is 11.3 Å². The number of H-pyrrole nitrogens is 1. The van der Waals surface area contributed by atoms with E-state index in [1.165, 1.54) is 16.0 Å². The molecule has 3 rings (SSSR count). The lowest BCUT2D eigenvalue weighted by molar-refractivity contribution is 0.102. The predicted molar refractivity (Wildman–Crippen MR) is 80.3 cm³/mol. The SMILES string of the molecule is Cc1nc(C)c(C(=O)Nc2c(C)nn(-c3nn[nH]n3)c2C)s1. The van der Waals surface area contributed by atoms with Crippen molar-refractivity contribution < 1.29 is 4.79 Å². The zero-order valence-corrected chi connectivity index (χ0v) is 13.3. The zero-order valence-electron chi connectivity index (χ0n) is 12.5. The lowest BCUT2D eigenvalue weighted by Crippen LogP contribution is -2.13. The molecule has 114 valence electrons. The average molecular weight is 318 g/mol. The van der Waals surface area contributed by atoms with Gasteiger partial charge in [0.05, 0.1) is 27.8 Å². The van der Waals surface area contributed by atoms with Gasteiger partial charge in [0.15, 0.2) is 0 Å². The van der Waals surface area contributed by atoms with Crippen LogP contribution in [0.2, 0.25) is 0 Å². The maximum Gasteiger partial charge on any atom is 0.290 e. The van der Waals surface area contributed by atoms with Crippen LogP contribution in [-0.2, 0) is 0 Å². The highest BCUT2D eigenvalue weighted by Crippen LogP contribution is 2.24. The largest absolute Gasteiger partial charge is 0.318 e. The summed E-state index contributed by atoms with van der Waals surface area (Å²) in [6, 6.07) is 0. The van der Waals surface area contributed by atoms with Crippen LogP contribution in [0, 0.1) is 27.7 Å². The Kier molecular flexibility index (Phi) is 3.45. The molecule has 3 aromatic heterocycles. The molecule has 0 spiro atoms. The van der Waals surface area contributed by atoms with Gasteiger partial charge in [-0.3, -0.25) is 4.79 Å². The number of anilines is 1. The molecule has 0 atom stereocenters. The number of amides is 1. The predicted octanol–water partition coefficient (Wildman–Crippen LogP) is 1.33. The number of aromatic amines is 1. The Morgan fingerprint density at radius 3 is 2.59 bits per heavy atom. The molecule has 1 amide bonds. The number of carbonyl (C=O) groups is 1. The average Bonchev–Trinajstić information content (AvgIpc) is 3.15. The minimum Gasteiger partial charge on any atom is -0.318 e. The number of aromatic nitrogens is 7. The maximum absolute atomic E-state index is 12.4. The van der Waals surface area contributed by atoms with E-state index in [0.717, 1.165) is 16.4 Å². The number of hydrogen-bond donors (Lipinski definition) is 2. The van der Waals surface area contributed by atoms with Gasteiger partial charge in [-0.25, -0.2) is 4.98 Å². The quantitative estimate of drug-likeness (QED) is 0.753. The van der Waals surface area contributed by atoms with Gasteiger partial charge in [0.25, 0.3) is 11.9 Å². The van der Waals surface area contributed by atoms with Gasteiger partial charge in [0.2, 0.25) is 0 Å². The number of carbonyl (C=O) groups excluding carboxylic acids is 1. The summed E-state index contributed by atoms with van der Waals surface area (Å²) in [7, 11) is 0. The van der Waals surface area contributed by atoms with E-state index < -0.39 is 0 Å². The molecule has 0 bridgehead atoms. The van der Waals surface area contributed by atoms with Crippen molar-refractivity contribution in [3.63, 3.8) is 0 Å². The smallest absolute Gasteiger partial charge is 0.290 e. The van der Waals surface area contributed by atoms with Gasteiger partial charge in [-0.2, -0.15) is 15.0 Å². The molecule has 3 heterocycles. The molecule has 3 aromatic rings. The van der Waals surface area contributed by atoms with Crippen molar-refractivity contribution in [2.45, 2.75) is 27.7 Å². The van der Waals surface area contributed by atoms with Crippen LogP contribution in [-0.4, -0.2) is 41.3 Å². The van der Waals surface area contributed by atoms with Crippen molar-refractivity contribution in [1.29, 1.82) is 0 Å². The summed E-state index contributed by atoms with van der Waals surface area (Å²) in [5, 5.41) is 21.7. The number of tetrazole rings is 1. The molecule has 22 heavy (non-hydrogen) atoms. The van der Waals surface area contributed by atoms with Crippen LogP contribution in [0.4, 0.5) is 5.69 Å². The fourth-order valence-electron chi connectivity index (χ4n) is 2.18. The fourth-order valence-corrected chi connectivity index (χ4v) is 2.99. The summed E-state index contributed by atoms with van der Waals surface area (Å²) in [5.41, 5.74) is 2.77. The van der Waals surface area contributed by atoms with E-state index in [1.807, 2.05) is 27.7 Å². The Labute approximate surface area is 129 Å². The van der Waals surface area contributed by atoms with E-state index in [4.69, 9.17) is 0 Å². The molecule has 0 unspecified atom stereocenters. The van der Waals surface area contributed by atoms with Gasteiger partial charge in [-0.15, -0.1) is 16.4 Å². The van der Waals surface area contributed by atoms with E-state index in [1.54, 1.807) is 0 Å². The highest BCUT2D eigenvalue weighted by Gasteiger charge is 2.20. The standard InChI is InChI=1S/C12H14N8OS/c1-5-9(7(3)20(17-5)12-15-18-19-16-12)14-11(21)10-6(2)13-8(4)22-10/h1-4H3,(H,14,21)(H,15,16,18,19). The Morgan fingerprint density at radius 1 is 1.23 bits per heavy atom. The number of aryl methyl sites for hydroxylation is 3. The van der Waals surface area contributed by atoms with Gasteiger partial charge in [-0.1, -0.05) is 5.10 Å². The number of nitrogens with one attached hydrogen (secondary N) is 2. The van der Waals surface area contributed by atoms with Gasteiger partial charge in [0.1, 0.15) is 4.88 Å². The number of nitrogens with zero attached hydrogens (tertiary/aromatic N) is 6. The Bertz CT molecular complexity index is 832. The topological polar surface area (TPSA) is 114 Å². The molecule has 0 aliphatic rings. The molecule has 0 saturated carbocycles. The molecule has 10 heteroatoms. The lowest BCUT2D eigenvalue weighted by atomic mass is 10.3. The molecule has 0 aliphatic heterocycles. The van der Waals surface area contributed by atoms with Crippen molar-refractivity contribution in [2.75, 3.05) is 5.32 Å². The molecular weight excluding hydrogens is 304 g/mol. The lowest BCUT2D eigenvalue weighted by Gasteiger charge is -2.04. The van der Waals surface area contributed by atoms with Crippen molar-refractivity contribution in [3.05, 3.63) is 27.0 Å². The number of rotatable bonds is 3. The van der Waals surface area contributed by atoms with Crippen LogP contribution in [0.15, 0.2) is 0 Å². The second-order valence-electron chi connectivity index (χ2n) is 4.77. The van der Waals surface area contributed by atoms with Crippen LogP contribution in [0.3, 0.4) is 0 Å². The Morgan fingerprint density at radius 2 is 2.00 bits per heavy atom. The summed E-state index contributed by atoms with van der Waals surface area (Å²) in [6.45, 7) is 7.33. The highest BCUT2D eigenvalue weighted by atomic mass is 32.1. The first-order valence-corrected chi connectivity index (χ1v) is 7.34. The van der Waals surface area contributed by atoms with Gasteiger partial charge < -0.3 is 5.32 Å². The van der Waals surface area contributed by atoms with Crippen LogP contribution in [0.1, 0.15) is 31.8 Å². The van der Waals surface area contributed by atoms with Gasteiger partial charge in [-0.05, 0) is 32.9 Å². The second-order valence-corrected chi connectivity index (χ2v) is 5.97. The van der Waals surface area contributed by atoms with Gasteiger partial charge in [0, 0.05) is 0 Å². The summed E-state index contributed by atoms with van der Waals surface area (Å²) in [4.78, 5) is 17.3. The summed E-state index contributed by atoms with van der Waals surface area (Å²) in [6.07, 6.45) is 0. The minimum absolute atomic E-state index is 0.193. The molecular formula is C12H14N8OS. The van der Waals surface area contributed by atoms with E-state index in [-0.39, 0.29) is 5.91 Å². The van der Waals surface area contributed by atoms with Crippen LogP contribution < -0.4 is 5.32 Å². The molecule has 0 radical (unpaired) electrons. The first-order chi connectivity index (χ1) is 10.5. The Hall–Kier alpha value is -2.62. The van der Waals surface area contributed by atoms with E-state index >= 15 is 0 Å². The third kappa shape index (κ3) is 2.37. The van der Waals surface area contributed by atoms with Crippen molar-refractivity contribution in [1.82, 2.24) is 35.4 Å². The summed E-state index contributed by atoms with van der Waals surface area (Å²) < 4.78 is 1.53. The molecule has 2 N–H and O–H groups in total. The van der Waals surface area contributed by atoms with Crippen molar-refractivity contribution in [2.24, 2.45) is 0 Å². The maximum atomic E-state index is 12.4. The first kappa shape index (κ1) is 14.3. The van der Waals surface area contributed by atoms with E-state index in [9.17, 15) is 4.79 Å². The van der Waals surface area contributed by atoms with Crippen molar-refractivity contribution >= 4 is 22.9 Å². The van der Waals surface area contributed by atoms with Crippen LogP contribution in [0.25, 0.3) is 5.95 Å². The normalized spacial score (nSPS) is 10.9. The molecule has 0 aliphatic carbocycles. The monoisotopic (exact) mass is 318 g/mol. The Balaban J connectivity index is 1.93. The summed E-state index contributed by atoms with van der Waals surface area (Å²) >= 11 is 1.37. The summed E-state index contributed by atoms with van der Waals surface area (Å²) in [5.74, 6) is 0.132. The molecule has 0 aromatic carbocycles. The molecule has 0 fully saturated rings.